The zero-order valence-corrected chi connectivity index (χ0v) is 14.3. The molecule has 3 heterocycles. The van der Waals surface area contributed by atoms with Crippen LogP contribution in [0.25, 0.3) is 0 Å². The van der Waals surface area contributed by atoms with Gasteiger partial charge in [-0.25, -0.2) is 0 Å². The number of amides is 1. The molecule has 0 radical (unpaired) electrons. The number of thiophene rings is 2. The third-order valence-corrected chi connectivity index (χ3v) is 7.04. The molecule has 0 bridgehead atoms. The van der Waals surface area contributed by atoms with Crippen LogP contribution < -0.4 is 0 Å². The van der Waals surface area contributed by atoms with E-state index in [2.05, 4.69) is 28.5 Å². The van der Waals surface area contributed by atoms with Crippen molar-refractivity contribution in [3.05, 3.63) is 43.8 Å². The molecular weight excluding hydrogens is 310 g/mol. The summed E-state index contributed by atoms with van der Waals surface area (Å²) in [6.07, 6.45) is 8.45. The summed E-state index contributed by atoms with van der Waals surface area (Å²) >= 11 is 3.53. The molecular formula is C18H21NOS2. The molecule has 2 aromatic rings. The number of nitrogens with zero attached hydrogens (tertiary/aromatic N) is 1. The molecule has 4 heteroatoms. The second kappa shape index (κ2) is 6.17. The molecule has 2 aromatic heterocycles. The van der Waals surface area contributed by atoms with Crippen LogP contribution in [0.3, 0.4) is 0 Å². The number of hydrogen-bond acceptors (Lipinski definition) is 3. The first kappa shape index (κ1) is 14.5. The highest BCUT2D eigenvalue weighted by molar-refractivity contribution is 7.14. The van der Waals surface area contributed by atoms with E-state index in [4.69, 9.17) is 0 Å². The highest BCUT2D eigenvalue weighted by Crippen LogP contribution is 2.37. The van der Waals surface area contributed by atoms with Crippen LogP contribution in [-0.4, -0.2) is 17.4 Å². The molecule has 2 nitrogen and oxygen atoms in total. The Morgan fingerprint density at radius 3 is 2.95 bits per heavy atom. The maximum Gasteiger partial charge on any atom is 0.264 e. The summed E-state index contributed by atoms with van der Waals surface area (Å²) in [5.41, 5.74) is 1.44. The van der Waals surface area contributed by atoms with Crippen LogP contribution in [0.2, 0.25) is 0 Å². The molecule has 0 N–H and O–H groups in total. The molecule has 4 rings (SSSR count). The molecule has 22 heavy (non-hydrogen) atoms. The Morgan fingerprint density at radius 1 is 1.18 bits per heavy atom. The molecule has 116 valence electrons. The molecule has 0 aromatic carbocycles. The first-order valence-electron chi connectivity index (χ1n) is 8.29. The van der Waals surface area contributed by atoms with E-state index in [-0.39, 0.29) is 5.91 Å². The van der Waals surface area contributed by atoms with Crippen LogP contribution in [0.5, 0.6) is 0 Å². The molecule has 1 saturated heterocycles. The highest BCUT2D eigenvalue weighted by atomic mass is 32.1. The Kier molecular flexibility index (Phi) is 4.05. The van der Waals surface area contributed by atoms with Crippen molar-refractivity contribution in [2.24, 2.45) is 0 Å². The van der Waals surface area contributed by atoms with Gasteiger partial charge in [0, 0.05) is 16.3 Å². The van der Waals surface area contributed by atoms with E-state index in [9.17, 15) is 4.79 Å². The third-order valence-electron chi connectivity index (χ3n) is 4.84. The van der Waals surface area contributed by atoms with Crippen molar-refractivity contribution in [3.8, 4) is 0 Å². The van der Waals surface area contributed by atoms with Crippen LogP contribution in [0.1, 0.15) is 63.1 Å². The summed E-state index contributed by atoms with van der Waals surface area (Å²) < 4.78 is 0. The van der Waals surface area contributed by atoms with Gasteiger partial charge in [-0.3, -0.25) is 4.79 Å². The van der Waals surface area contributed by atoms with E-state index in [1.807, 2.05) is 0 Å². The van der Waals surface area contributed by atoms with Crippen LogP contribution in [0.4, 0.5) is 0 Å². The monoisotopic (exact) mass is 331 g/mol. The zero-order valence-electron chi connectivity index (χ0n) is 12.7. The summed E-state index contributed by atoms with van der Waals surface area (Å²) in [7, 11) is 0. The van der Waals surface area contributed by atoms with Gasteiger partial charge in [-0.1, -0.05) is 12.5 Å². The van der Waals surface area contributed by atoms with Crippen molar-refractivity contribution in [3.63, 3.8) is 0 Å². The Bertz CT molecular complexity index is 635. The van der Waals surface area contributed by atoms with Gasteiger partial charge in [0.05, 0.1) is 10.9 Å². The van der Waals surface area contributed by atoms with Gasteiger partial charge >= 0.3 is 0 Å². The average Bonchev–Trinajstić information content (AvgIpc) is 3.24. The molecule has 1 aliphatic carbocycles. The lowest BCUT2D eigenvalue weighted by molar-refractivity contribution is 0.0742. The van der Waals surface area contributed by atoms with Gasteiger partial charge in [0.25, 0.3) is 5.91 Å². The lowest BCUT2D eigenvalue weighted by Crippen LogP contribution is -2.29. The topological polar surface area (TPSA) is 20.3 Å². The van der Waals surface area contributed by atoms with Crippen molar-refractivity contribution in [2.45, 2.75) is 51.0 Å². The fourth-order valence-corrected chi connectivity index (χ4v) is 5.78. The van der Waals surface area contributed by atoms with E-state index in [1.165, 1.54) is 41.0 Å². The molecule has 0 saturated carbocycles. The number of aryl methyl sites for hydroxylation is 2. The summed E-state index contributed by atoms with van der Waals surface area (Å²) in [5.74, 6) is 0.258. The van der Waals surface area contributed by atoms with Crippen LogP contribution in [0.15, 0.2) is 23.6 Å². The van der Waals surface area contributed by atoms with Crippen LogP contribution in [0, 0.1) is 0 Å². The zero-order chi connectivity index (χ0) is 14.9. The Morgan fingerprint density at radius 2 is 2.09 bits per heavy atom. The fourth-order valence-electron chi connectivity index (χ4n) is 3.70. The standard InChI is InChI=1S/C18H21NOS2/c20-18(17-12-13-6-2-1-3-8-15(13)22-17)19-10-4-7-14(19)16-9-5-11-21-16/h5,9,11-12,14H,1-4,6-8,10H2/t14-/m1/s1. The number of carbonyl (C=O) groups excluding carboxylic acids is 1. The van der Waals surface area contributed by atoms with Gasteiger partial charge in [0.1, 0.15) is 0 Å². The molecule has 1 fully saturated rings. The maximum atomic E-state index is 13.0. The second-order valence-electron chi connectivity index (χ2n) is 6.29. The number of hydrogen-bond donors (Lipinski definition) is 0. The molecule has 0 unspecified atom stereocenters. The lowest BCUT2D eigenvalue weighted by Gasteiger charge is -2.23. The third kappa shape index (κ3) is 2.63. The lowest BCUT2D eigenvalue weighted by atomic mass is 10.1. The molecule has 1 atom stereocenters. The first-order valence-corrected chi connectivity index (χ1v) is 9.98. The smallest absolute Gasteiger partial charge is 0.264 e. The van der Waals surface area contributed by atoms with Gasteiger partial charge in [-0.05, 0) is 61.6 Å². The summed E-state index contributed by atoms with van der Waals surface area (Å²) in [6, 6.07) is 6.76. The van der Waals surface area contributed by atoms with Crippen molar-refractivity contribution < 1.29 is 4.79 Å². The van der Waals surface area contributed by atoms with Gasteiger partial charge in [0.2, 0.25) is 0 Å². The largest absolute Gasteiger partial charge is 0.330 e. The number of carbonyl (C=O) groups is 1. The summed E-state index contributed by atoms with van der Waals surface area (Å²) in [4.78, 5) is 18.9. The molecule has 0 spiro atoms. The Labute approximate surface area is 139 Å². The SMILES string of the molecule is O=C(c1cc2c(s1)CCCCC2)N1CCC[C@@H]1c1cccs1. The van der Waals surface area contributed by atoms with Gasteiger partial charge in [-0.15, -0.1) is 22.7 Å². The predicted octanol–water partition coefficient (Wildman–Crippen LogP) is 5.06. The van der Waals surface area contributed by atoms with E-state index in [0.717, 1.165) is 30.7 Å². The van der Waals surface area contributed by atoms with Crippen LogP contribution >= 0.6 is 22.7 Å². The molecule has 1 amide bonds. The van der Waals surface area contributed by atoms with Crippen molar-refractivity contribution in [2.75, 3.05) is 6.54 Å². The minimum absolute atomic E-state index is 0.258. The first-order chi connectivity index (χ1) is 10.8. The Balaban J connectivity index is 1.58. The van der Waals surface area contributed by atoms with Crippen molar-refractivity contribution in [1.29, 1.82) is 0 Å². The average molecular weight is 332 g/mol. The molecule has 2 aliphatic rings. The Hall–Kier alpha value is -1.13. The van der Waals surface area contributed by atoms with Gasteiger partial charge in [-0.2, -0.15) is 0 Å². The number of fused-ring (bicyclic) bond motifs is 1. The van der Waals surface area contributed by atoms with Crippen LogP contribution in [-0.2, 0) is 12.8 Å². The quantitative estimate of drug-likeness (QED) is 0.705. The minimum Gasteiger partial charge on any atom is -0.330 e. The van der Waals surface area contributed by atoms with E-state index in [1.54, 1.807) is 22.7 Å². The number of likely N-dealkylation sites (tertiary alicyclic amines) is 1. The number of rotatable bonds is 2. The second-order valence-corrected chi connectivity index (χ2v) is 8.41. The summed E-state index contributed by atoms with van der Waals surface area (Å²) in [5, 5.41) is 2.11. The molecule has 1 aliphatic heterocycles. The van der Waals surface area contributed by atoms with E-state index < -0.39 is 0 Å². The maximum absolute atomic E-state index is 13.0. The minimum atomic E-state index is 0.258. The predicted molar refractivity (Wildman–Crippen MR) is 92.9 cm³/mol. The van der Waals surface area contributed by atoms with E-state index >= 15 is 0 Å². The van der Waals surface area contributed by atoms with Crippen molar-refractivity contribution in [1.82, 2.24) is 4.90 Å². The van der Waals surface area contributed by atoms with Crippen molar-refractivity contribution >= 4 is 28.6 Å². The van der Waals surface area contributed by atoms with E-state index in [0.29, 0.717) is 6.04 Å². The fraction of sp³-hybridized carbons (Fsp3) is 0.500. The summed E-state index contributed by atoms with van der Waals surface area (Å²) in [6.45, 7) is 0.907. The normalized spacial score (nSPS) is 21.6. The van der Waals surface area contributed by atoms with Gasteiger partial charge in [0.15, 0.2) is 0 Å². The highest BCUT2D eigenvalue weighted by Gasteiger charge is 2.32. The van der Waals surface area contributed by atoms with Gasteiger partial charge < -0.3 is 4.90 Å².